The fourth-order valence-electron chi connectivity index (χ4n) is 3.23. The van der Waals surface area contributed by atoms with Gasteiger partial charge < -0.3 is 0 Å². The summed E-state index contributed by atoms with van der Waals surface area (Å²) in [6.07, 6.45) is 11.3. The van der Waals surface area contributed by atoms with Crippen molar-refractivity contribution in [2.45, 2.75) is 65.6 Å². The third-order valence-corrected chi connectivity index (χ3v) is 6.68. The molecular weight excluding hydrogens is 258 g/mol. The Balaban J connectivity index is 2.36. The van der Waals surface area contributed by atoms with Gasteiger partial charge in [0.05, 0.1) is 13.8 Å². The van der Waals surface area contributed by atoms with Crippen molar-refractivity contribution in [1.29, 1.82) is 0 Å². The maximum atomic E-state index is 4.72. The number of allylic oxidation sites excluding steroid dienone is 2. The summed E-state index contributed by atoms with van der Waals surface area (Å²) in [4.78, 5) is 4.72. The zero-order chi connectivity index (χ0) is 14.8. The standard InChI is InChI=1S/C18H29NSi/c1-6-14(2)17-12-16(11-15-9-7-8-10-15)18(13-19-17)20(3,4)5/h6,12-13,15H,7-11H2,1-5H3/b14-6+. The van der Waals surface area contributed by atoms with Crippen LogP contribution in [0.4, 0.5) is 0 Å². The predicted molar refractivity (Wildman–Crippen MR) is 92.2 cm³/mol. The monoisotopic (exact) mass is 287 g/mol. The minimum absolute atomic E-state index is 0.909. The summed E-state index contributed by atoms with van der Waals surface area (Å²) in [6.45, 7) is 11.6. The molecule has 1 fully saturated rings. The predicted octanol–water partition coefficient (Wildman–Crippen LogP) is 4.78. The maximum absolute atomic E-state index is 4.72. The lowest BCUT2D eigenvalue weighted by Crippen LogP contribution is -2.41. The Morgan fingerprint density at radius 2 is 1.95 bits per heavy atom. The molecule has 1 heterocycles. The Labute approximate surface area is 125 Å². The van der Waals surface area contributed by atoms with Crippen molar-refractivity contribution in [1.82, 2.24) is 4.98 Å². The molecule has 110 valence electrons. The molecule has 1 aliphatic rings. The molecule has 0 radical (unpaired) electrons. The number of hydrogen-bond acceptors (Lipinski definition) is 1. The van der Waals surface area contributed by atoms with Crippen LogP contribution in [0.5, 0.6) is 0 Å². The van der Waals surface area contributed by atoms with E-state index in [1.165, 1.54) is 43.4 Å². The van der Waals surface area contributed by atoms with E-state index in [4.69, 9.17) is 4.98 Å². The molecule has 1 aliphatic carbocycles. The highest BCUT2D eigenvalue weighted by atomic mass is 28.3. The molecule has 2 rings (SSSR count). The summed E-state index contributed by atoms with van der Waals surface area (Å²) < 4.78 is 0. The van der Waals surface area contributed by atoms with Crippen LogP contribution in [0.3, 0.4) is 0 Å². The van der Waals surface area contributed by atoms with Gasteiger partial charge in [-0.25, -0.2) is 0 Å². The van der Waals surface area contributed by atoms with Gasteiger partial charge in [-0.05, 0) is 48.6 Å². The molecule has 0 amide bonds. The summed E-state index contributed by atoms with van der Waals surface area (Å²) in [6, 6.07) is 2.38. The van der Waals surface area contributed by atoms with Gasteiger partial charge in [-0.3, -0.25) is 4.98 Å². The van der Waals surface area contributed by atoms with Crippen molar-refractivity contribution in [3.05, 3.63) is 29.6 Å². The summed E-state index contributed by atoms with van der Waals surface area (Å²) in [5.74, 6) is 0.909. The average Bonchev–Trinajstić information content (AvgIpc) is 2.89. The second-order valence-electron chi connectivity index (χ2n) is 7.30. The highest BCUT2D eigenvalue weighted by molar-refractivity contribution is 6.89. The van der Waals surface area contributed by atoms with Crippen LogP contribution in [-0.2, 0) is 6.42 Å². The fraction of sp³-hybridized carbons (Fsp3) is 0.611. The average molecular weight is 288 g/mol. The van der Waals surface area contributed by atoms with Crippen molar-refractivity contribution in [3.8, 4) is 0 Å². The van der Waals surface area contributed by atoms with Gasteiger partial charge in [-0.2, -0.15) is 0 Å². The minimum atomic E-state index is -1.30. The first-order chi connectivity index (χ1) is 9.41. The summed E-state index contributed by atoms with van der Waals surface area (Å²) >= 11 is 0. The van der Waals surface area contributed by atoms with Crippen molar-refractivity contribution in [2.75, 3.05) is 0 Å². The van der Waals surface area contributed by atoms with Gasteiger partial charge in [-0.15, -0.1) is 0 Å². The van der Waals surface area contributed by atoms with Gasteiger partial charge in [0.25, 0.3) is 0 Å². The first-order valence-corrected chi connectivity index (χ1v) is 11.5. The first-order valence-electron chi connectivity index (χ1n) is 8.04. The second kappa shape index (κ2) is 6.25. The van der Waals surface area contributed by atoms with Crippen LogP contribution in [0.25, 0.3) is 5.57 Å². The molecule has 0 aliphatic heterocycles. The quantitative estimate of drug-likeness (QED) is 0.726. The smallest absolute Gasteiger partial charge is 0.0799 e. The Morgan fingerprint density at radius 3 is 2.50 bits per heavy atom. The zero-order valence-electron chi connectivity index (χ0n) is 13.8. The van der Waals surface area contributed by atoms with Gasteiger partial charge in [0.1, 0.15) is 0 Å². The second-order valence-corrected chi connectivity index (χ2v) is 12.3. The topological polar surface area (TPSA) is 12.9 Å². The normalized spacial score (nSPS) is 17.8. The molecule has 0 N–H and O–H groups in total. The third-order valence-electron chi connectivity index (χ3n) is 4.62. The van der Waals surface area contributed by atoms with Crippen LogP contribution in [0.1, 0.15) is 50.8 Å². The Bertz CT molecular complexity index is 491. The van der Waals surface area contributed by atoms with Crippen LogP contribution < -0.4 is 5.19 Å². The minimum Gasteiger partial charge on any atom is -0.257 e. The SMILES string of the molecule is C/C=C(\C)c1cc(CC2CCCC2)c([Si](C)(C)C)cn1. The van der Waals surface area contributed by atoms with E-state index in [-0.39, 0.29) is 0 Å². The van der Waals surface area contributed by atoms with E-state index in [0.717, 1.165) is 5.92 Å². The molecule has 0 atom stereocenters. The van der Waals surface area contributed by atoms with Crippen molar-refractivity contribution < 1.29 is 0 Å². The Hall–Kier alpha value is -0.893. The molecular formula is C18H29NSi. The van der Waals surface area contributed by atoms with E-state index in [1.54, 1.807) is 10.8 Å². The number of nitrogens with zero attached hydrogens (tertiary/aromatic N) is 1. The molecule has 2 heteroatoms. The number of aromatic nitrogens is 1. The third kappa shape index (κ3) is 3.60. The van der Waals surface area contributed by atoms with Crippen molar-refractivity contribution in [2.24, 2.45) is 5.92 Å². The lowest BCUT2D eigenvalue weighted by molar-refractivity contribution is 0.547. The molecule has 0 bridgehead atoms. The van der Waals surface area contributed by atoms with Gasteiger partial charge >= 0.3 is 0 Å². The Kier molecular flexibility index (Phi) is 4.85. The highest BCUT2D eigenvalue weighted by Gasteiger charge is 2.24. The molecule has 1 aromatic heterocycles. The molecule has 1 nitrogen and oxygen atoms in total. The Morgan fingerprint density at radius 1 is 1.30 bits per heavy atom. The lowest BCUT2D eigenvalue weighted by Gasteiger charge is -2.23. The van der Waals surface area contributed by atoms with Gasteiger partial charge in [0.2, 0.25) is 0 Å². The summed E-state index contributed by atoms with van der Waals surface area (Å²) in [5, 5.41) is 1.57. The molecule has 0 saturated heterocycles. The van der Waals surface area contributed by atoms with E-state index in [0.29, 0.717) is 0 Å². The van der Waals surface area contributed by atoms with Gasteiger partial charge in [0, 0.05) is 6.20 Å². The van der Waals surface area contributed by atoms with Crippen LogP contribution >= 0.6 is 0 Å². The number of pyridine rings is 1. The summed E-state index contributed by atoms with van der Waals surface area (Å²) in [5.41, 5.74) is 4.05. The molecule has 0 unspecified atom stereocenters. The van der Waals surface area contributed by atoms with Gasteiger partial charge in [-0.1, -0.05) is 51.4 Å². The van der Waals surface area contributed by atoms with Gasteiger partial charge in [0.15, 0.2) is 0 Å². The van der Waals surface area contributed by atoms with E-state index >= 15 is 0 Å². The van der Waals surface area contributed by atoms with E-state index in [1.807, 2.05) is 0 Å². The van der Waals surface area contributed by atoms with Crippen LogP contribution in [0, 0.1) is 5.92 Å². The van der Waals surface area contributed by atoms with Crippen LogP contribution in [-0.4, -0.2) is 13.1 Å². The zero-order valence-corrected chi connectivity index (χ0v) is 14.8. The van der Waals surface area contributed by atoms with Crippen molar-refractivity contribution in [3.63, 3.8) is 0 Å². The maximum Gasteiger partial charge on any atom is 0.0799 e. The molecule has 0 aromatic carbocycles. The van der Waals surface area contributed by atoms with E-state index in [2.05, 4.69) is 51.8 Å². The largest absolute Gasteiger partial charge is 0.257 e. The molecule has 0 spiro atoms. The van der Waals surface area contributed by atoms with E-state index in [9.17, 15) is 0 Å². The lowest BCUT2D eigenvalue weighted by atomic mass is 9.97. The molecule has 20 heavy (non-hydrogen) atoms. The number of hydrogen-bond donors (Lipinski definition) is 0. The van der Waals surface area contributed by atoms with E-state index < -0.39 is 8.07 Å². The van der Waals surface area contributed by atoms with Crippen LogP contribution in [0.15, 0.2) is 18.3 Å². The fourth-order valence-corrected chi connectivity index (χ4v) is 4.82. The number of rotatable bonds is 4. The highest BCUT2D eigenvalue weighted by Crippen LogP contribution is 2.28. The first kappa shape index (κ1) is 15.5. The summed E-state index contributed by atoms with van der Waals surface area (Å²) in [7, 11) is -1.30. The molecule has 1 saturated carbocycles. The van der Waals surface area contributed by atoms with Crippen molar-refractivity contribution >= 4 is 18.8 Å². The molecule has 1 aromatic rings. The van der Waals surface area contributed by atoms with Crippen LogP contribution in [0.2, 0.25) is 19.6 Å².